The summed E-state index contributed by atoms with van der Waals surface area (Å²) in [5.74, 6) is 2.89. The van der Waals surface area contributed by atoms with Crippen LogP contribution in [0.5, 0.6) is 0 Å². The predicted octanol–water partition coefficient (Wildman–Crippen LogP) is 3.57. The van der Waals surface area contributed by atoms with Crippen LogP contribution in [0.2, 0.25) is 5.15 Å². The zero-order valence-corrected chi connectivity index (χ0v) is 14.0. The fourth-order valence-electron chi connectivity index (χ4n) is 3.70. The lowest BCUT2D eigenvalue weighted by molar-refractivity contribution is 0.151. The third-order valence-electron chi connectivity index (χ3n) is 5.16. The van der Waals surface area contributed by atoms with E-state index in [1.54, 1.807) is 4.68 Å². The van der Waals surface area contributed by atoms with Gasteiger partial charge >= 0.3 is 0 Å². The van der Waals surface area contributed by atoms with Gasteiger partial charge in [0.25, 0.3) is 0 Å². The zero-order chi connectivity index (χ0) is 14.9. The number of rotatable bonds is 4. The van der Waals surface area contributed by atoms with Crippen molar-refractivity contribution in [3.05, 3.63) is 16.4 Å². The topological polar surface area (TPSA) is 43.8 Å². The number of aryl methyl sites for hydroxylation is 2. The van der Waals surface area contributed by atoms with E-state index in [4.69, 9.17) is 17.3 Å². The highest BCUT2D eigenvalue weighted by molar-refractivity contribution is 6.30. The Morgan fingerprint density at radius 1 is 1.35 bits per heavy atom. The summed E-state index contributed by atoms with van der Waals surface area (Å²) in [7, 11) is 1.91. The van der Waals surface area contributed by atoms with Crippen molar-refractivity contribution in [3.63, 3.8) is 0 Å². The third kappa shape index (κ3) is 3.20. The maximum Gasteiger partial charge on any atom is 0.130 e. The SMILES string of the molecule is Cc1nn(C)c(Cl)c1CC1CC(C(C)C)CCC1CN. The summed E-state index contributed by atoms with van der Waals surface area (Å²) < 4.78 is 1.78. The van der Waals surface area contributed by atoms with Crippen LogP contribution in [0.3, 0.4) is 0 Å². The van der Waals surface area contributed by atoms with E-state index >= 15 is 0 Å². The molecule has 1 fully saturated rings. The highest BCUT2D eigenvalue weighted by Gasteiger charge is 2.32. The second-order valence-electron chi connectivity index (χ2n) is 6.76. The normalized spacial score (nSPS) is 27.2. The predicted molar refractivity (Wildman–Crippen MR) is 84.9 cm³/mol. The molecule has 3 unspecified atom stereocenters. The molecule has 1 aliphatic rings. The molecule has 3 atom stereocenters. The molecule has 0 saturated heterocycles. The van der Waals surface area contributed by atoms with E-state index in [9.17, 15) is 0 Å². The summed E-state index contributed by atoms with van der Waals surface area (Å²) in [6.45, 7) is 7.54. The fraction of sp³-hybridized carbons (Fsp3) is 0.812. The summed E-state index contributed by atoms with van der Waals surface area (Å²) >= 11 is 6.39. The van der Waals surface area contributed by atoms with Crippen LogP contribution in [-0.2, 0) is 13.5 Å². The van der Waals surface area contributed by atoms with E-state index in [0.717, 1.165) is 35.6 Å². The molecule has 114 valence electrons. The van der Waals surface area contributed by atoms with Crippen LogP contribution in [-0.4, -0.2) is 16.3 Å². The molecule has 0 amide bonds. The Hall–Kier alpha value is -0.540. The van der Waals surface area contributed by atoms with Crippen molar-refractivity contribution < 1.29 is 0 Å². The molecule has 1 heterocycles. The summed E-state index contributed by atoms with van der Waals surface area (Å²) in [5, 5.41) is 5.23. The van der Waals surface area contributed by atoms with Gasteiger partial charge in [-0.1, -0.05) is 25.4 Å². The first-order valence-corrected chi connectivity index (χ1v) is 8.19. The fourth-order valence-corrected chi connectivity index (χ4v) is 3.95. The van der Waals surface area contributed by atoms with Crippen LogP contribution in [0.15, 0.2) is 0 Å². The number of hydrogen-bond donors (Lipinski definition) is 1. The summed E-state index contributed by atoms with van der Waals surface area (Å²) in [6, 6.07) is 0. The van der Waals surface area contributed by atoms with Crippen molar-refractivity contribution in [2.24, 2.45) is 36.5 Å². The van der Waals surface area contributed by atoms with Crippen LogP contribution in [0.1, 0.15) is 44.4 Å². The van der Waals surface area contributed by atoms with Gasteiger partial charge in [-0.05, 0) is 62.8 Å². The molecule has 1 aliphatic carbocycles. The molecule has 0 aliphatic heterocycles. The molecule has 0 aromatic carbocycles. The van der Waals surface area contributed by atoms with E-state index in [2.05, 4.69) is 25.9 Å². The molecule has 4 heteroatoms. The van der Waals surface area contributed by atoms with Crippen LogP contribution in [0, 0.1) is 30.6 Å². The van der Waals surface area contributed by atoms with Gasteiger partial charge in [-0.25, -0.2) is 0 Å². The Balaban J connectivity index is 2.15. The zero-order valence-electron chi connectivity index (χ0n) is 13.2. The first kappa shape index (κ1) is 15.8. The Morgan fingerprint density at radius 3 is 2.55 bits per heavy atom. The van der Waals surface area contributed by atoms with Gasteiger partial charge in [0.05, 0.1) is 5.69 Å². The number of nitrogens with two attached hydrogens (primary N) is 1. The van der Waals surface area contributed by atoms with Crippen molar-refractivity contribution in [2.75, 3.05) is 6.54 Å². The lowest BCUT2D eigenvalue weighted by atomic mass is 9.69. The maximum atomic E-state index is 6.39. The molecular weight excluding hydrogens is 270 g/mol. The molecule has 1 aromatic heterocycles. The van der Waals surface area contributed by atoms with Crippen molar-refractivity contribution >= 4 is 11.6 Å². The summed E-state index contributed by atoms with van der Waals surface area (Å²) in [4.78, 5) is 0. The number of aromatic nitrogens is 2. The lowest BCUT2D eigenvalue weighted by Crippen LogP contribution is -2.33. The van der Waals surface area contributed by atoms with Gasteiger partial charge < -0.3 is 5.73 Å². The van der Waals surface area contributed by atoms with Gasteiger partial charge in [0.15, 0.2) is 0 Å². The molecule has 3 nitrogen and oxygen atoms in total. The largest absolute Gasteiger partial charge is 0.330 e. The minimum absolute atomic E-state index is 0.640. The molecule has 2 rings (SSSR count). The molecule has 20 heavy (non-hydrogen) atoms. The minimum atomic E-state index is 0.640. The smallest absolute Gasteiger partial charge is 0.130 e. The van der Waals surface area contributed by atoms with E-state index in [1.807, 2.05) is 7.05 Å². The van der Waals surface area contributed by atoms with E-state index in [-0.39, 0.29) is 0 Å². The van der Waals surface area contributed by atoms with Crippen molar-refractivity contribution in [2.45, 2.75) is 46.5 Å². The van der Waals surface area contributed by atoms with Crippen molar-refractivity contribution in [1.82, 2.24) is 9.78 Å². The second kappa shape index (κ2) is 6.48. The Labute approximate surface area is 127 Å². The first-order valence-electron chi connectivity index (χ1n) is 7.82. The molecule has 1 aromatic rings. The van der Waals surface area contributed by atoms with Gasteiger partial charge in [0, 0.05) is 12.6 Å². The average Bonchev–Trinajstić information content (AvgIpc) is 2.65. The van der Waals surface area contributed by atoms with E-state index in [1.165, 1.54) is 24.8 Å². The molecule has 0 radical (unpaired) electrons. The van der Waals surface area contributed by atoms with Crippen LogP contribution < -0.4 is 5.73 Å². The van der Waals surface area contributed by atoms with Crippen LogP contribution >= 0.6 is 11.6 Å². The lowest BCUT2D eigenvalue weighted by Gasteiger charge is -2.37. The maximum absolute atomic E-state index is 6.39. The second-order valence-corrected chi connectivity index (χ2v) is 7.11. The molecular formula is C16H28ClN3. The first-order chi connectivity index (χ1) is 9.43. The van der Waals surface area contributed by atoms with Gasteiger partial charge in [0.1, 0.15) is 5.15 Å². The minimum Gasteiger partial charge on any atom is -0.330 e. The molecule has 0 bridgehead atoms. The van der Waals surface area contributed by atoms with Crippen molar-refractivity contribution in [1.29, 1.82) is 0 Å². The Morgan fingerprint density at radius 2 is 2.05 bits per heavy atom. The average molecular weight is 298 g/mol. The monoisotopic (exact) mass is 297 g/mol. The Kier molecular flexibility index (Phi) is 5.14. The number of hydrogen-bond acceptors (Lipinski definition) is 2. The van der Waals surface area contributed by atoms with Crippen LogP contribution in [0.4, 0.5) is 0 Å². The van der Waals surface area contributed by atoms with Gasteiger partial charge in [0.2, 0.25) is 0 Å². The highest BCUT2D eigenvalue weighted by Crippen LogP contribution is 2.39. The standard InChI is InChI=1S/C16H28ClN3/c1-10(2)12-5-6-13(9-18)14(7-12)8-15-11(3)19-20(4)16(15)17/h10,12-14H,5-9,18H2,1-4H3. The van der Waals surface area contributed by atoms with E-state index < -0.39 is 0 Å². The van der Waals surface area contributed by atoms with Crippen LogP contribution in [0.25, 0.3) is 0 Å². The van der Waals surface area contributed by atoms with Gasteiger partial charge in [-0.3, -0.25) is 4.68 Å². The number of halogens is 1. The summed E-state index contributed by atoms with van der Waals surface area (Å²) in [6.07, 6.45) is 4.91. The summed E-state index contributed by atoms with van der Waals surface area (Å²) in [5.41, 5.74) is 8.29. The van der Waals surface area contributed by atoms with E-state index in [0.29, 0.717) is 11.8 Å². The number of nitrogens with zero attached hydrogens (tertiary/aromatic N) is 2. The quantitative estimate of drug-likeness (QED) is 0.923. The highest BCUT2D eigenvalue weighted by atomic mass is 35.5. The van der Waals surface area contributed by atoms with Crippen molar-refractivity contribution in [3.8, 4) is 0 Å². The Bertz CT molecular complexity index is 453. The molecule has 0 spiro atoms. The molecule has 2 N–H and O–H groups in total. The molecule has 1 saturated carbocycles. The van der Waals surface area contributed by atoms with Gasteiger partial charge in [-0.2, -0.15) is 5.10 Å². The third-order valence-corrected chi connectivity index (χ3v) is 5.63. The van der Waals surface area contributed by atoms with Gasteiger partial charge in [-0.15, -0.1) is 0 Å².